The molecule has 4 nitrogen and oxygen atoms in total. The Morgan fingerprint density at radius 2 is 2.00 bits per heavy atom. The molecule has 2 rings (SSSR count). The molecule has 0 N–H and O–H groups in total. The first-order valence-electron chi connectivity index (χ1n) is 6.76. The molecule has 0 saturated carbocycles. The number of nitrogens with zero attached hydrogens (tertiary/aromatic N) is 2. The topological polar surface area (TPSA) is 46.4 Å². The van der Waals surface area contributed by atoms with E-state index in [1.165, 1.54) is 12.8 Å². The Labute approximate surface area is 113 Å². The smallest absolute Gasteiger partial charge is 0.214 e. The lowest BCUT2D eigenvalue weighted by Gasteiger charge is -2.18. The summed E-state index contributed by atoms with van der Waals surface area (Å²) >= 11 is 0. The van der Waals surface area contributed by atoms with Gasteiger partial charge in [-0.25, -0.2) is 0 Å². The van der Waals surface area contributed by atoms with Crippen molar-refractivity contribution in [1.29, 1.82) is 0 Å². The van der Waals surface area contributed by atoms with Crippen LogP contribution in [0.4, 0.5) is 0 Å². The summed E-state index contributed by atoms with van der Waals surface area (Å²) in [6.07, 6.45) is 4.54. The van der Waals surface area contributed by atoms with Crippen molar-refractivity contribution in [2.24, 2.45) is 0 Å². The highest BCUT2D eigenvalue weighted by Crippen LogP contribution is 2.25. The van der Waals surface area contributed by atoms with Crippen LogP contribution in [0.5, 0.6) is 0 Å². The van der Waals surface area contributed by atoms with Crippen LogP contribution in [0.1, 0.15) is 31.2 Å². The summed E-state index contributed by atoms with van der Waals surface area (Å²) in [5.74, 6) is -0.128. The van der Waals surface area contributed by atoms with Crippen molar-refractivity contribution in [3.63, 3.8) is 0 Å². The van der Waals surface area contributed by atoms with Crippen LogP contribution >= 0.6 is 0 Å². The van der Waals surface area contributed by atoms with E-state index in [0.29, 0.717) is 0 Å². The number of hydrogen-bond donors (Lipinski definition) is 0. The third kappa shape index (κ3) is 3.81. The highest BCUT2D eigenvalue weighted by atomic mass is 16.6. The fourth-order valence-corrected chi connectivity index (χ4v) is 2.60. The summed E-state index contributed by atoms with van der Waals surface area (Å²) in [4.78, 5) is 12.9. The van der Waals surface area contributed by atoms with Crippen LogP contribution in [0.25, 0.3) is 0 Å². The van der Waals surface area contributed by atoms with Gasteiger partial charge in [0, 0.05) is 18.0 Å². The first-order valence-corrected chi connectivity index (χ1v) is 6.76. The zero-order valence-electron chi connectivity index (χ0n) is 11.3. The average Bonchev–Trinajstić information content (AvgIpc) is 2.89. The molecule has 1 saturated heterocycles. The fraction of sp³-hybridized carbons (Fsp3) is 0.467. The van der Waals surface area contributed by atoms with Gasteiger partial charge in [0.25, 0.3) is 0 Å². The summed E-state index contributed by atoms with van der Waals surface area (Å²) in [5, 5.41) is 10.9. The minimum absolute atomic E-state index is 0.0415. The highest BCUT2D eigenvalue weighted by Gasteiger charge is 2.20. The van der Waals surface area contributed by atoms with Gasteiger partial charge in [-0.1, -0.05) is 30.3 Å². The van der Waals surface area contributed by atoms with Gasteiger partial charge in [0.05, 0.1) is 5.92 Å². The molecule has 19 heavy (non-hydrogen) atoms. The van der Waals surface area contributed by atoms with Crippen LogP contribution in [0.3, 0.4) is 0 Å². The molecule has 0 amide bonds. The van der Waals surface area contributed by atoms with Gasteiger partial charge in [-0.15, -0.1) is 0 Å². The molecule has 0 aromatic heterocycles. The number of hydrogen-bond acceptors (Lipinski definition) is 3. The number of nitro groups is 1. The van der Waals surface area contributed by atoms with Crippen molar-refractivity contribution in [2.75, 3.05) is 19.6 Å². The van der Waals surface area contributed by atoms with Gasteiger partial charge < -0.3 is 4.90 Å². The van der Waals surface area contributed by atoms with Gasteiger partial charge in [0.2, 0.25) is 6.54 Å². The molecule has 1 aliphatic heterocycles. The molecule has 4 heteroatoms. The van der Waals surface area contributed by atoms with Crippen molar-refractivity contribution < 1.29 is 4.92 Å². The Morgan fingerprint density at radius 1 is 1.37 bits per heavy atom. The molecule has 1 aliphatic rings. The molecule has 1 aromatic rings. The highest BCUT2D eigenvalue weighted by molar-refractivity contribution is 5.28. The van der Waals surface area contributed by atoms with Crippen molar-refractivity contribution in [2.45, 2.75) is 25.7 Å². The Balaban J connectivity index is 2.19. The number of benzene rings is 1. The van der Waals surface area contributed by atoms with Crippen molar-refractivity contribution in [3.05, 3.63) is 57.8 Å². The van der Waals surface area contributed by atoms with E-state index in [2.05, 4.69) is 11.1 Å². The van der Waals surface area contributed by atoms with Crippen LogP contribution in [-0.4, -0.2) is 29.5 Å². The van der Waals surface area contributed by atoms with E-state index >= 15 is 0 Å². The number of likely N-dealkylation sites (tertiary alicyclic amines) is 1. The second-order valence-corrected chi connectivity index (χ2v) is 5.09. The summed E-state index contributed by atoms with van der Waals surface area (Å²) < 4.78 is 0. The predicted octanol–water partition coefficient (Wildman–Crippen LogP) is 3.05. The molecule has 1 aromatic carbocycles. The predicted molar refractivity (Wildman–Crippen MR) is 75.6 cm³/mol. The Morgan fingerprint density at radius 3 is 2.58 bits per heavy atom. The van der Waals surface area contributed by atoms with Crippen LogP contribution in [0.15, 0.2) is 42.1 Å². The maximum atomic E-state index is 10.9. The van der Waals surface area contributed by atoms with Gasteiger partial charge in [0.1, 0.15) is 0 Å². The summed E-state index contributed by atoms with van der Waals surface area (Å²) in [6, 6.07) is 9.74. The first-order chi connectivity index (χ1) is 9.16. The number of rotatable bonds is 5. The van der Waals surface area contributed by atoms with Crippen LogP contribution in [0.2, 0.25) is 0 Å². The van der Waals surface area contributed by atoms with Gasteiger partial charge >= 0.3 is 0 Å². The maximum Gasteiger partial charge on any atom is 0.214 e. The Bertz CT molecular complexity index is 450. The second-order valence-electron chi connectivity index (χ2n) is 5.09. The molecular formula is C15H20N2O2. The molecule has 1 fully saturated rings. The molecule has 0 aliphatic carbocycles. The van der Waals surface area contributed by atoms with E-state index in [4.69, 9.17) is 0 Å². The standard InChI is InChI=1S/C15H20N2O2/c1-13(11-16-9-5-6-10-16)15(12-17(18)19)14-7-3-2-4-8-14/h2-4,7-8,11,15H,5-6,9-10,12H2,1H3/b13-11+/t15-/m0/s1. The summed E-state index contributed by atoms with van der Waals surface area (Å²) in [7, 11) is 0. The van der Waals surface area contributed by atoms with Gasteiger partial charge in [-0.2, -0.15) is 0 Å². The monoisotopic (exact) mass is 260 g/mol. The molecule has 0 bridgehead atoms. The van der Waals surface area contributed by atoms with E-state index in [9.17, 15) is 10.1 Å². The van der Waals surface area contributed by atoms with Gasteiger partial charge in [0.15, 0.2) is 0 Å². The minimum Gasteiger partial charge on any atom is -0.377 e. The zero-order chi connectivity index (χ0) is 13.7. The molecule has 0 spiro atoms. The lowest BCUT2D eigenvalue weighted by molar-refractivity contribution is -0.482. The maximum absolute atomic E-state index is 10.9. The SMILES string of the molecule is C/C(=C\N1CCCC1)[C@H](C[N+](=O)[O-])c1ccccc1. The normalized spacial score (nSPS) is 17.5. The summed E-state index contributed by atoms with van der Waals surface area (Å²) in [6.45, 7) is 4.09. The molecular weight excluding hydrogens is 240 g/mol. The van der Waals surface area contributed by atoms with E-state index in [0.717, 1.165) is 24.2 Å². The average molecular weight is 260 g/mol. The second kappa shape index (κ2) is 6.36. The van der Waals surface area contributed by atoms with E-state index in [1.807, 2.05) is 37.3 Å². The van der Waals surface area contributed by atoms with Gasteiger partial charge in [-0.3, -0.25) is 10.1 Å². The minimum atomic E-state index is -0.223. The van der Waals surface area contributed by atoms with E-state index < -0.39 is 0 Å². The zero-order valence-corrected chi connectivity index (χ0v) is 11.3. The Hall–Kier alpha value is -1.84. The van der Waals surface area contributed by atoms with Crippen molar-refractivity contribution in [3.8, 4) is 0 Å². The lowest BCUT2D eigenvalue weighted by atomic mass is 9.92. The molecule has 102 valence electrons. The molecule has 1 atom stereocenters. The molecule has 0 unspecified atom stereocenters. The van der Waals surface area contributed by atoms with E-state index in [-0.39, 0.29) is 17.4 Å². The quantitative estimate of drug-likeness (QED) is 0.604. The van der Waals surface area contributed by atoms with Gasteiger partial charge in [-0.05, 0) is 37.1 Å². The van der Waals surface area contributed by atoms with Crippen LogP contribution < -0.4 is 0 Å². The van der Waals surface area contributed by atoms with Crippen molar-refractivity contribution in [1.82, 2.24) is 4.90 Å². The first kappa shape index (κ1) is 13.6. The van der Waals surface area contributed by atoms with E-state index in [1.54, 1.807) is 0 Å². The summed E-state index contributed by atoms with van der Waals surface area (Å²) in [5.41, 5.74) is 2.09. The Kier molecular flexibility index (Phi) is 4.55. The lowest BCUT2D eigenvalue weighted by Crippen LogP contribution is -2.17. The fourth-order valence-electron chi connectivity index (χ4n) is 2.60. The third-order valence-electron chi connectivity index (χ3n) is 3.61. The van der Waals surface area contributed by atoms with Crippen LogP contribution in [-0.2, 0) is 0 Å². The van der Waals surface area contributed by atoms with Crippen LogP contribution in [0, 0.1) is 10.1 Å². The molecule has 1 heterocycles. The largest absolute Gasteiger partial charge is 0.377 e. The molecule has 0 radical (unpaired) electrons. The third-order valence-corrected chi connectivity index (χ3v) is 3.61. The van der Waals surface area contributed by atoms with Crippen molar-refractivity contribution >= 4 is 0 Å².